The lowest BCUT2D eigenvalue weighted by Gasteiger charge is -2.26. The van der Waals surface area contributed by atoms with Crippen molar-refractivity contribution in [3.05, 3.63) is 23.6 Å². The molecule has 1 fully saturated rings. The molecule has 3 nitrogen and oxygen atoms in total. The van der Waals surface area contributed by atoms with Crippen LogP contribution in [0, 0.1) is 23.5 Å². The first-order valence-electron chi connectivity index (χ1n) is 5.43. The zero-order chi connectivity index (χ0) is 12.6. The van der Waals surface area contributed by atoms with Gasteiger partial charge in [-0.2, -0.15) is 9.37 Å². The second-order valence-corrected chi connectivity index (χ2v) is 4.28. The first-order valence-corrected chi connectivity index (χ1v) is 5.43. The van der Waals surface area contributed by atoms with Crippen LogP contribution in [0.25, 0.3) is 0 Å². The maximum absolute atomic E-state index is 13.5. The maximum Gasteiger partial charge on any atom is 0.251 e. The molecule has 17 heavy (non-hydrogen) atoms. The Morgan fingerprint density at radius 1 is 1.41 bits per heavy atom. The summed E-state index contributed by atoms with van der Waals surface area (Å²) in [6.07, 6.45) is 0.755. The third kappa shape index (κ3) is 2.09. The van der Waals surface area contributed by atoms with Crippen LogP contribution in [0.4, 0.5) is 19.0 Å². The van der Waals surface area contributed by atoms with Gasteiger partial charge in [0, 0.05) is 12.6 Å². The van der Waals surface area contributed by atoms with Gasteiger partial charge in [0.1, 0.15) is 0 Å². The molecule has 0 spiro atoms. The van der Waals surface area contributed by atoms with Crippen LogP contribution < -0.4 is 4.90 Å². The summed E-state index contributed by atoms with van der Waals surface area (Å²) < 4.78 is 39.3. The standard InChI is InChI=1S/C11H13F3N2O/c1-6-2-3-16(9(6)5-17)11-8(13)4-7(12)10(14)15-11/h4,6,9,17H,2-3,5H2,1H3. The highest BCUT2D eigenvalue weighted by Gasteiger charge is 2.33. The van der Waals surface area contributed by atoms with Gasteiger partial charge in [-0.15, -0.1) is 0 Å². The third-order valence-electron chi connectivity index (χ3n) is 3.21. The third-order valence-corrected chi connectivity index (χ3v) is 3.21. The van der Waals surface area contributed by atoms with Crippen LogP contribution in [-0.4, -0.2) is 29.3 Å². The maximum atomic E-state index is 13.5. The van der Waals surface area contributed by atoms with E-state index in [0.29, 0.717) is 12.6 Å². The molecule has 1 aromatic rings. The molecule has 1 N–H and O–H groups in total. The normalized spacial score (nSPS) is 24.4. The van der Waals surface area contributed by atoms with Gasteiger partial charge in [0.15, 0.2) is 17.5 Å². The second kappa shape index (κ2) is 4.52. The van der Waals surface area contributed by atoms with E-state index in [1.54, 1.807) is 0 Å². The number of nitrogens with zero attached hydrogens (tertiary/aromatic N) is 2. The molecule has 0 aliphatic carbocycles. The molecule has 0 amide bonds. The fourth-order valence-corrected chi connectivity index (χ4v) is 2.19. The van der Waals surface area contributed by atoms with E-state index >= 15 is 0 Å². The summed E-state index contributed by atoms with van der Waals surface area (Å²) in [6.45, 7) is 2.22. The Labute approximate surface area is 96.9 Å². The van der Waals surface area contributed by atoms with Crippen molar-refractivity contribution in [2.24, 2.45) is 5.92 Å². The lowest BCUT2D eigenvalue weighted by atomic mass is 10.0. The highest BCUT2D eigenvalue weighted by molar-refractivity contribution is 5.43. The van der Waals surface area contributed by atoms with Gasteiger partial charge < -0.3 is 10.0 Å². The van der Waals surface area contributed by atoms with Crippen molar-refractivity contribution < 1.29 is 18.3 Å². The van der Waals surface area contributed by atoms with Gasteiger partial charge in [0.05, 0.1) is 12.6 Å². The van der Waals surface area contributed by atoms with Gasteiger partial charge in [0.2, 0.25) is 0 Å². The summed E-state index contributed by atoms with van der Waals surface area (Å²) in [5, 5.41) is 9.22. The quantitative estimate of drug-likeness (QED) is 0.807. The van der Waals surface area contributed by atoms with Crippen molar-refractivity contribution in [3.63, 3.8) is 0 Å². The van der Waals surface area contributed by atoms with Crippen LogP contribution in [0.3, 0.4) is 0 Å². The molecule has 1 aromatic heterocycles. The number of pyridine rings is 1. The molecular formula is C11H13F3N2O. The predicted molar refractivity (Wildman–Crippen MR) is 56.1 cm³/mol. The first kappa shape index (κ1) is 12.2. The van der Waals surface area contributed by atoms with Crippen LogP contribution in [0.5, 0.6) is 0 Å². The van der Waals surface area contributed by atoms with Gasteiger partial charge in [0.25, 0.3) is 5.95 Å². The first-order chi connectivity index (χ1) is 8.04. The monoisotopic (exact) mass is 246 g/mol. The van der Waals surface area contributed by atoms with Crippen molar-refractivity contribution in [1.82, 2.24) is 4.98 Å². The van der Waals surface area contributed by atoms with E-state index < -0.39 is 17.6 Å². The summed E-state index contributed by atoms with van der Waals surface area (Å²) in [6, 6.07) is 0.177. The molecule has 2 rings (SSSR count). The van der Waals surface area contributed by atoms with Crippen LogP contribution in [-0.2, 0) is 0 Å². The molecule has 0 bridgehead atoms. The average Bonchev–Trinajstić information content (AvgIpc) is 2.64. The Bertz CT molecular complexity index is 427. The van der Waals surface area contributed by atoms with Gasteiger partial charge in [-0.25, -0.2) is 8.78 Å². The number of aliphatic hydroxyl groups excluding tert-OH is 1. The topological polar surface area (TPSA) is 36.4 Å². The number of hydrogen-bond donors (Lipinski definition) is 1. The van der Waals surface area contributed by atoms with Crippen LogP contribution in [0.2, 0.25) is 0 Å². The minimum Gasteiger partial charge on any atom is -0.394 e. The smallest absolute Gasteiger partial charge is 0.251 e. The SMILES string of the molecule is CC1CCN(c2nc(F)c(F)cc2F)C1CO. The average molecular weight is 246 g/mol. The van der Waals surface area contributed by atoms with E-state index in [9.17, 15) is 18.3 Å². The number of aliphatic hydroxyl groups is 1. The molecule has 2 heterocycles. The molecule has 94 valence electrons. The minimum atomic E-state index is -1.32. The fraction of sp³-hybridized carbons (Fsp3) is 0.545. The molecule has 0 saturated carbocycles. The van der Waals surface area contributed by atoms with Gasteiger partial charge in [-0.05, 0) is 12.3 Å². The molecule has 1 aliphatic heterocycles. The van der Waals surface area contributed by atoms with Crippen molar-refractivity contribution in [1.29, 1.82) is 0 Å². The highest BCUT2D eigenvalue weighted by atomic mass is 19.2. The summed E-state index contributed by atoms with van der Waals surface area (Å²) in [4.78, 5) is 4.77. The lowest BCUT2D eigenvalue weighted by molar-refractivity contribution is 0.243. The number of halogens is 3. The number of hydrogen-bond acceptors (Lipinski definition) is 3. The second-order valence-electron chi connectivity index (χ2n) is 4.28. The van der Waals surface area contributed by atoms with E-state index in [4.69, 9.17) is 0 Å². The molecule has 2 unspecified atom stereocenters. The van der Waals surface area contributed by atoms with E-state index in [0.717, 1.165) is 6.42 Å². The van der Waals surface area contributed by atoms with Crippen LogP contribution >= 0.6 is 0 Å². The van der Waals surface area contributed by atoms with Crippen LogP contribution in [0.15, 0.2) is 6.07 Å². The van der Waals surface area contributed by atoms with Crippen molar-refractivity contribution >= 4 is 5.82 Å². The Morgan fingerprint density at radius 2 is 2.12 bits per heavy atom. The summed E-state index contributed by atoms with van der Waals surface area (Å²) in [5.74, 6) is -3.60. The largest absolute Gasteiger partial charge is 0.394 e. The summed E-state index contributed by atoms with van der Waals surface area (Å²) in [5.41, 5.74) is 0. The van der Waals surface area contributed by atoms with Gasteiger partial charge >= 0.3 is 0 Å². The molecular weight excluding hydrogens is 233 g/mol. The van der Waals surface area contributed by atoms with E-state index in [1.165, 1.54) is 4.90 Å². The Kier molecular flexibility index (Phi) is 3.24. The Hall–Kier alpha value is -1.30. The summed E-state index contributed by atoms with van der Waals surface area (Å²) in [7, 11) is 0. The Morgan fingerprint density at radius 3 is 2.76 bits per heavy atom. The van der Waals surface area contributed by atoms with Gasteiger partial charge in [-0.1, -0.05) is 6.92 Å². The van der Waals surface area contributed by atoms with E-state index in [1.807, 2.05) is 6.92 Å². The zero-order valence-corrected chi connectivity index (χ0v) is 9.33. The molecule has 0 radical (unpaired) electrons. The van der Waals surface area contributed by atoms with Crippen molar-refractivity contribution in [2.45, 2.75) is 19.4 Å². The number of aromatic nitrogens is 1. The Balaban J connectivity index is 2.37. The highest BCUT2D eigenvalue weighted by Crippen LogP contribution is 2.30. The van der Waals surface area contributed by atoms with E-state index in [-0.39, 0.29) is 24.4 Å². The lowest BCUT2D eigenvalue weighted by Crippen LogP contribution is -2.36. The van der Waals surface area contributed by atoms with Crippen molar-refractivity contribution in [2.75, 3.05) is 18.1 Å². The zero-order valence-electron chi connectivity index (χ0n) is 9.33. The predicted octanol–water partition coefficient (Wildman–Crippen LogP) is 1.71. The van der Waals surface area contributed by atoms with Gasteiger partial charge in [-0.3, -0.25) is 0 Å². The van der Waals surface area contributed by atoms with Crippen molar-refractivity contribution in [3.8, 4) is 0 Å². The molecule has 1 saturated heterocycles. The van der Waals surface area contributed by atoms with E-state index in [2.05, 4.69) is 4.98 Å². The molecule has 0 aromatic carbocycles. The fourth-order valence-electron chi connectivity index (χ4n) is 2.19. The minimum absolute atomic E-state index is 0.161. The molecule has 6 heteroatoms. The number of rotatable bonds is 2. The molecule has 2 atom stereocenters. The van der Waals surface area contributed by atoms with Crippen LogP contribution in [0.1, 0.15) is 13.3 Å². The number of anilines is 1. The summed E-state index contributed by atoms with van der Waals surface area (Å²) >= 11 is 0. The molecule has 1 aliphatic rings.